The van der Waals surface area contributed by atoms with E-state index in [9.17, 15) is 0 Å². The maximum atomic E-state index is 5.86. The van der Waals surface area contributed by atoms with Gasteiger partial charge < -0.3 is 10.5 Å². The van der Waals surface area contributed by atoms with E-state index in [4.69, 9.17) is 22.1 Å². The summed E-state index contributed by atoms with van der Waals surface area (Å²) in [5.41, 5.74) is 7.29. The van der Waals surface area contributed by atoms with Crippen molar-refractivity contribution in [1.82, 2.24) is 0 Å². The Kier molecular flexibility index (Phi) is 3.34. The Morgan fingerprint density at radius 3 is 2.85 bits per heavy atom. The van der Waals surface area contributed by atoms with Gasteiger partial charge in [-0.1, -0.05) is 24.2 Å². The first-order chi connectivity index (χ1) is 6.19. The second-order valence-electron chi connectivity index (χ2n) is 2.66. The Balaban J connectivity index is 3.06. The SMILES string of the molecule is C=C(CN)c1ccc(Cl)c(OC)c1. The van der Waals surface area contributed by atoms with E-state index in [1.165, 1.54) is 0 Å². The van der Waals surface area contributed by atoms with Crippen LogP contribution < -0.4 is 10.5 Å². The summed E-state index contributed by atoms with van der Waals surface area (Å²) in [4.78, 5) is 0. The number of methoxy groups -OCH3 is 1. The molecule has 2 N–H and O–H groups in total. The van der Waals surface area contributed by atoms with Gasteiger partial charge in [-0.05, 0) is 23.3 Å². The predicted octanol–water partition coefficient (Wildman–Crippen LogP) is 2.32. The van der Waals surface area contributed by atoms with Crippen molar-refractivity contribution in [2.75, 3.05) is 13.7 Å². The number of hydrogen-bond acceptors (Lipinski definition) is 2. The van der Waals surface area contributed by atoms with Crippen LogP contribution in [0.2, 0.25) is 5.02 Å². The normalized spacial score (nSPS) is 9.77. The molecule has 0 aliphatic carbocycles. The largest absolute Gasteiger partial charge is 0.495 e. The summed E-state index contributed by atoms with van der Waals surface area (Å²) < 4.78 is 5.07. The Hall–Kier alpha value is -0.990. The summed E-state index contributed by atoms with van der Waals surface area (Å²) in [6.45, 7) is 4.26. The van der Waals surface area contributed by atoms with Crippen LogP contribution in [0.4, 0.5) is 0 Å². The first-order valence-electron chi connectivity index (χ1n) is 3.90. The number of halogens is 1. The van der Waals surface area contributed by atoms with Gasteiger partial charge in [-0.3, -0.25) is 0 Å². The molecule has 0 saturated heterocycles. The van der Waals surface area contributed by atoms with Crippen molar-refractivity contribution in [2.45, 2.75) is 0 Å². The first-order valence-corrected chi connectivity index (χ1v) is 4.28. The highest BCUT2D eigenvalue weighted by Crippen LogP contribution is 2.27. The number of hydrogen-bond donors (Lipinski definition) is 1. The highest BCUT2D eigenvalue weighted by molar-refractivity contribution is 6.32. The summed E-state index contributed by atoms with van der Waals surface area (Å²) in [6, 6.07) is 5.48. The van der Waals surface area contributed by atoms with E-state index in [0.717, 1.165) is 11.1 Å². The molecule has 0 heterocycles. The van der Waals surface area contributed by atoms with Gasteiger partial charge in [-0.15, -0.1) is 0 Å². The molecular formula is C10H12ClNO. The minimum absolute atomic E-state index is 0.435. The molecule has 0 atom stereocenters. The molecule has 0 fully saturated rings. The van der Waals surface area contributed by atoms with Crippen LogP contribution in [0.15, 0.2) is 24.8 Å². The molecule has 0 saturated carbocycles. The third-order valence-corrected chi connectivity index (χ3v) is 2.12. The van der Waals surface area contributed by atoms with Crippen LogP contribution in [0.25, 0.3) is 5.57 Å². The van der Waals surface area contributed by atoms with Gasteiger partial charge in [0.1, 0.15) is 5.75 Å². The third-order valence-electron chi connectivity index (χ3n) is 1.81. The van der Waals surface area contributed by atoms with Gasteiger partial charge in [0.05, 0.1) is 12.1 Å². The zero-order valence-corrected chi connectivity index (χ0v) is 8.27. The minimum Gasteiger partial charge on any atom is -0.495 e. The van der Waals surface area contributed by atoms with Gasteiger partial charge in [0.2, 0.25) is 0 Å². The fourth-order valence-electron chi connectivity index (χ4n) is 0.998. The van der Waals surface area contributed by atoms with Crippen molar-refractivity contribution in [3.8, 4) is 5.75 Å². The van der Waals surface area contributed by atoms with Crippen LogP contribution in [-0.4, -0.2) is 13.7 Å². The number of ether oxygens (including phenoxy) is 1. The quantitative estimate of drug-likeness (QED) is 0.807. The number of nitrogens with two attached hydrogens (primary N) is 1. The summed E-state index contributed by atoms with van der Waals surface area (Å²) >= 11 is 5.86. The van der Waals surface area contributed by atoms with Gasteiger partial charge >= 0.3 is 0 Å². The lowest BCUT2D eigenvalue weighted by atomic mass is 10.1. The van der Waals surface area contributed by atoms with Gasteiger partial charge in [0.15, 0.2) is 0 Å². The van der Waals surface area contributed by atoms with E-state index in [2.05, 4.69) is 6.58 Å². The van der Waals surface area contributed by atoms with Crippen LogP contribution in [-0.2, 0) is 0 Å². The molecule has 0 aliphatic heterocycles. The molecule has 1 aromatic rings. The smallest absolute Gasteiger partial charge is 0.138 e. The Labute approximate surface area is 83.0 Å². The second-order valence-corrected chi connectivity index (χ2v) is 3.06. The second kappa shape index (κ2) is 4.30. The molecule has 0 aliphatic rings. The topological polar surface area (TPSA) is 35.2 Å². The maximum Gasteiger partial charge on any atom is 0.138 e. The van der Waals surface area contributed by atoms with Crippen molar-refractivity contribution >= 4 is 17.2 Å². The molecular weight excluding hydrogens is 186 g/mol. The molecule has 0 spiro atoms. The summed E-state index contributed by atoms with van der Waals surface area (Å²) in [5.74, 6) is 0.647. The van der Waals surface area contributed by atoms with Crippen molar-refractivity contribution in [3.63, 3.8) is 0 Å². The van der Waals surface area contributed by atoms with Crippen LogP contribution in [0, 0.1) is 0 Å². The third kappa shape index (κ3) is 2.23. The van der Waals surface area contributed by atoms with E-state index in [1.807, 2.05) is 12.1 Å². The lowest BCUT2D eigenvalue weighted by molar-refractivity contribution is 0.415. The van der Waals surface area contributed by atoms with E-state index in [-0.39, 0.29) is 0 Å². The average molecular weight is 198 g/mol. The molecule has 2 nitrogen and oxygen atoms in total. The molecule has 0 aromatic heterocycles. The van der Waals surface area contributed by atoms with Crippen molar-refractivity contribution in [2.24, 2.45) is 5.73 Å². The average Bonchev–Trinajstić information content (AvgIpc) is 2.17. The van der Waals surface area contributed by atoms with E-state index in [1.54, 1.807) is 13.2 Å². The van der Waals surface area contributed by atoms with Gasteiger partial charge in [-0.2, -0.15) is 0 Å². The van der Waals surface area contributed by atoms with E-state index >= 15 is 0 Å². The maximum absolute atomic E-state index is 5.86. The van der Waals surface area contributed by atoms with Crippen LogP contribution in [0.5, 0.6) is 5.75 Å². The van der Waals surface area contributed by atoms with E-state index in [0.29, 0.717) is 17.3 Å². The standard InChI is InChI=1S/C10H12ClNO/c1-7(6-12)8-3-4-9(11)10(5-8)13-2/h3-5H,1,6,12H2,2H3. The summed E-state index contributed by atoms with van der Waals surface area (Å²) in [7, 11) is 1.58. The lowest BCUT2D eigenvalue weighted by Crippen LogP contribution is -2.01. The minimum atomic E-state index is 0.435. The lowest BCUT2D eigenvalue weighted by Gasteiger charge is -2.07. The fourth-order valence-corrected chi connectivity index (χ4v) is 1.19. The van der Waals surface area contributed by atoms with E-state index < -0.39 is 0 Å². The van der Waals surface area contributed by atoms with Crippen LogP contribution in [0.3, 0.4) is 0 Å². The molecule has 0 unspecified atom stereocenters. The zero-order valence-electron chi connectivity index (χ0n) is 7.51. The summed E-state index contributed by atoms with van der Waals surface area (Å²) in [5, 5.41) is 0.594. The molecule has 1 rings (SSSR count). The van der Waals surface area contributed by atoms with Crippen LogP contribution >= 0.6 is 11.6 Å². The molecule has 13 heavy (non-hydrogen) atoms. The Morgan fingerprint density at radius 2 is 2.31 bits per heavy atom. The van der Waals surface area contributed by atoms with Gasteiger partial charge in [-0.25, -0.2) is 0 Å². The zero-order chi connectivity index (χ0) is 9.84. The Morgan fingerprint density at radius 1 is 1.62 bits per heavy atom. The van der Waals surface area contributed by atoms with Gasteiger partial charge in [0.25, 0.3) is 0 Å². The molecule has 1 aromatic carbocycles. The molecule has 3 heteroatoms. The fraction of sp³-hybridized carbons (Fsp3) is 0.200. The number of benzene rings is 1. The predicted molar refractivity (Wildman–Crippen MR) is 56.1 cm³/mol. The Bertz CT molecular complexity index is 323. The van der Waals surface area contributed by atoms with Crippen molar-refractivity contribution in [1.29, 1.82) is 0 Å². The molecule has 70 valence electrons. The first kappa shape index (κ1) is 10.1. The van der Waals surface area contributed by atoms with Gasteiger partial charge in [0, 0.05) is 6.54 Å². The highest BCUT2D eigenvalue weighted by atomic mass is 35.5. The van der Waals surface area contributed by atoms with Crippen LogP contribution in [0.1, 0.15) is 5.56 Å². The highest BCUT2D eigenvalue weighted by Gasteiger charge is 2.03. The molecule has 0 amide bonds. The molecule has 0 radical (unpaired) electrons. The monoisotopic (exact) mass is 197 g/mol. The van der Waals surface area contributed by atoms with Crippen molar-refractivity contribution in [3.05, 3.63) is 35.4 Å². The molecule has 0 bridgehead atoms. The number of rotatable bonds is 3. The summed E-state index contributed by atoms with van der Waals surface area (Å²) in [6.07, 6.45) is 0. The van der Waals surface area contributed by atoms with Crippen molar-refractivity contribution < 1.29 is 4.74 Å².